The molecule has 1 N–H and O–H groups in total. The van der Waals surface area contributed by atoms with Crippen LogP contribution < -0.4 is 4.72 Å². The summed E-state index contributed by atoms with van der Waals surface area (Å²) < 4.78 is 32.6. The van der Waals surface area contributed by atoms with Crippen molar-refractivity contribution in [2.45, 2.75) is 45.6 Å². The van der Waals surface area contributed by atoms with Crippen LogP contribution in [-0.4, -0.2) is 19.2 Å². The van der Waals surface area contributed by atoms with Crippen molar-refractivity contribution in [1.29, 1.82) is 0 Å². The van der Waals surface area contributed by atoms with Crippen molar-refractivity contribution >= 4 is 10.0 Å². The standard InChI is InChI=1S/C17H24N2O3S/c1-13(14-8-6-5-7-9-14)12-23(20,21)19-11-16-18-10-15(22-16)17(2,3)4/h5-10,13,19H,11-12H2,1-4H3. The fraction of sp³-hybridized carbons (Fsp3) is 0.471. The highest BCUT2D eigenvalue weighted by Crippen LogP contribution is 2.22. The lowest BCUT2D eigenvalue weighted by atomic mass is 9.94. The van der Waals surface area contributed by atoms with Gasteiger partial charge in [-0.2, -0.15) is 0 Å². The number of rotatable bonds is 6. The number of aromatic nitrogens is 1. The number of sulfonamides is 1. The van der Waals surface area contributed by atoms with Gasteiger partial charge in [0.2, 0.25) is 15.9 Å². The van der Waals surface area contributed by atoms with Crippen molar-refractivity contribution in [3.8, 4) is 0 Å². The average Bonchev–Trinajstić information content (AvgIpc) is 2.95. The molecule has 1 unspecified atom stereocenters. The van der Waals surface area contributed by atoms with E-state index in [4.69, 9.17) is 4.42 Å². The van der Waals surface area contributed by atoms with Crippen molar-refractivity contribution in [2.24, 2.45) is 0 Å². The fourth-order valence-corrected chi connectivity index (χ4v) is 3.49. The van der Waals surface area contributed by atoms with E-state index in [0.717, 1.165) is 11.3 Å². The molecular weight excluding hydrogens is 312 g/mol. The van der Waals surface area contributed by atoms with Crippen molar-refractivity contribution in [3.63, 3.8) is 0 Å². The molecule has 6 heteroatoms. The normalized spacial score (nSPS) is 13.9. The summed E-state index contributed by atoms with van der Waals surface area (Å²) in [4.78, 5) is 4.13. The summed E-state index contributed by atoms with van der Waals surface area (Å²) in [6.07, 6.45) is 1.65. The number of benzene rings is 1. The molecule has 0 amide bonds. The Balaban J connectivity index is 1.95. The molecule has 5 nitrogen and oxygen atoms in total. The zero-order valence-corrected chi connectivity index (χ0v) is 14.9. The minimum Gasteiger partial charge on any atom is -0.444 e. The molecular formula is C17H24N2O3S. The monoisotopic (exact) mass is 336 g/mol. The molecule has 1 aromatic carbocycles. The third kappa shape index (κ3) is 5.18. The van der Waals surface area contributed by atoms with Gasteiger partial charge in [-0.15, -0.1) is 0 Å². The third-order valence-electron chi connectivity index (χ3n) is 3.57. The van der Waals surface area contributed by atoms with E-state index in [2.05, 4.69) is 9.71 Å². The van der Waals surface area contributed by atoms with Gasteiger partial charge in [0.15, 0.2) is 0 Å². The molecule has 0 saturated heterocycles. The molecule has 23 heavy (non-hydrogen) atoms. The molecule has 126 valence electrons. The quantitative estimate of drug-likeness (QED) is 0.879. The summed E-state index contributed by atoms with van der Waals surface area (Å²) in [5, 5.41) is 0. The van der Waals surface area contributed by atoms with Crippen LogP contribution in [0.5, 0.6) is 0 Å². The van der Waals surface area contributed by atoms with Crippen LogP contribution in [0.2, 0.25) is 0 Å². The first kappa shape index (κ1) is 17.7. The molecule has 2 rings (SSSR count). The highest BCUT2D eigenvalue weighted by molar-refractivity contribution is 7.89. The Morgan fingerprint density at radius 2 is 1.87 bits per heavy atom. The van der Waals surface area contributed by atoms with Crippen LogP contribution in [0.3, 0.4) is 0 Å². The number of hydrogen-bond acceptors (Lipinski definition) is 4. The second kappa shape index (κ2) is 6.84. The maximum atomic E-state index is 12.2. The minimum atomic E-state index is -3.40. The van der Waals surface area contributed by atoms with E-state index in [1.165, 1.54) is 0 Å². The van der Waals surface area contributed by atoms with Crippen molar-refractivity contribution < 1.29 is 12.8 Å². The Hall–Kier alpha value is -1.66. The second-order valence-corrected chi connectivity index (χ2v) is 8.63. The lowest BCUT2D eigenvalue weighted by molar-refractivity contribution is 0.380. The van der Waals surface area contributed by atoms with E-state index in [1.54, 1.807) is 6.20 Å². The topological polar surface area (TPSA) is 72.2 Å². The molecule has 1 atom stereocenters. The molecule has 0 spiro atoms. The molecule has 0 aliphatic heterocycles. The van der Waals surface area contributed by atoms with Gasteiger partial charge in [-0.05, 0) is 11.5 Å². The second-order valence-electron chi connectivity index (χ2n) is 6.78. The Kier molecular flexibility index (Phi) is 5.26. The highest BCUT2D eigenvalue weighted by Gasteiger charge is 2.21. The minimum absolute atomic E-state index is 0.0316. The molecule has 0 radical (unpaired) electrons. The molecule has 0 fully saturated rings. The molecule has 0 aliphatic carbocycles. The summed E-state index contributed by atoms with van der Waals surface area (Å²) in [5.74, 6) is 1.07. The Bertz CT molecular complexity index is 731. The molecule has 0 saturated carbocycles. The number of hydrogen-bond donors (Lipinski definition) is 1. The van der Waals surface area contributed by atoms with E-state index in [-0.39, 0.29) is 23.6 Å². The zero-order valence-electron chi connectivity index (χ0n) is 14.0. The smallest absolute Gasteiger partial charge is 0.212 e. The van der Waals surface area contributed by atoms with Gasteiger partial charge < -0.3 is 4.42 Å². The van der Waals surface area contributed by atoms with Crippen LogP contribution in [0.1, 0.15) is 50.8 Å². The van der Waals surface area contributed by atoms with E-state index in [1.807, 2.05) is 58.0 Å². The molecule has 1 heterocycles. The van der Waals surface area contributed by atoms with Gasteiger partial charge >= 0.3 is 0 Å². The summed E-state index contributed by atoms with van der Waals surface area (Å²) in [7, 11) is -3.40. The lowest BCUT2D eigenvalue weighted by Crippen LogP contribution is -2.28. The Morgan fingerprint density at radius 1 is 1.22 bits per heavy atom. The first-order valence-corrected chi connectivity index (χ1v) is 9.30. The van der Waals surface area contributed by atoms with Gasteiger partial charge in [-0.1, -0.05) is 58.0 Å². The van der Waals surface area contributed by atoms with Crippen LogP contribution in [0.15, 0.2) is 40.9 Å². The maximum absolute atomic E-state index is 12.2. The van der Waals surface area contributed by atoms with Crippen molar-refractivity contribution in [2.75, 3.05) is 5.75 Å². The molecule has 0 aliphatic rings. The van der Waals surface area contributed by atoms with E-state index >= 15 is 0 Å². The predicted octanol–water partition coefficient (Wildman–Crippen LogP) is 3.20. The fourth-order valence-electron chi connectivity index (χ4n) is 2.18. The van der Waals surface area contributed by atoms with Gasteiger partial charge in [-0.25, -0.2) is 18.1 Å². The van der Waals surface area contributed by atoms with Crippen LogP contribution >= 0.6 is 0 Å². The first-order valence-electron chi connectivity index (χ1n) is 7.65. The van der Waals surface area contributed by atoms with Crippen LogP contribution in [0, 0.1) is 0 Å². The maximum Gasteiger partial charge on any atom is 0.212 e. The summed E-state index contributed by atoms with van der Waals surface area (Å²) >= 11 is 0. The van der Waals surface area contributed by atoms with Gasteiger partial charge in [0, 0.05) is 5.41 Å². The Morgan fingerprint density at radius 3 is 2.43 bits per heavy atom. The summed E-state index contributed by atoms with van der Waals surface area (Å²) in [5.41, 5.74) is 0.857. The largest absolute Gasteiger partial charge is 0.444 e. The van der Waals surface area contributed by atoms with E-state index in [0.29, 0.717) is 5.89 Å². The van der Waals surface area contributed by atoms with Gasteiger partial charge in [0.25, 0.3) is 0 Å². The highest BCUT2D eigenvalue weighted by atomic mass is 32.2. The Labute approximate surface area is 138 Å². The zero-order chi connectivity index (χ0) is 17.1. The predicted molar refractivity (Wildman–Crippen MR) is 90.7 cm³/mol. The summed E-state index contributed by atoms with van der Waals surface area (Å²) in [6.45, 7) is 8.02. The number of oxazole rings is 1. The van der Waals surface area contributed by atoms with E-state index < -0.39 is 10.0 Å². The van der Waals surface area contributed by atoms with Crippen molar-refractivity contribution in [1.82, 2.24) is 9.71 Å². The first-order chi connectivity index (χ1) is 10.7. The lowest BCUT2D eigenvalue weighted by Gasteiger charge is -2.13. The molecule has 0 bridgehead atoms. The molecule has 2 aromatic rings. The van der Waals surface area contributed by atoms with Crippen LogP contribution in [0.4, 0.5) is 0 Å². The summed E-state index contributed by atoms with van der Waals surface area (Å²) in [6, 6.07) is 9.60. The van der Waals surface area contributed by atoms with E-state index in [9.17, 15) is 8.42 Å². The van der Waals surface area contributed by atoms with Crippen LogP contribution in [-0.2, 0) is 22.0 Å². The average molecular weight is 336 g/mol. The van der Waals surface area contributed by atoms with Gasteiger partial charge in [-0.3, -0.25) is 0 Å². The third-order valence-corrected chi connectivity index (χ3v) is 5.10. The van der Waals surface area contributed by atoms with Crippen molar-refractivity contribution in [3.05, 3.63) is 53.7 Å². The SMILES string of the molecule is CC(CS(=O)(=O)NCc1ncc(C(C)(C)C)o1)c1ccccc1. The molecule has 1 aromatic heterocycles. The van der Waals surface area contributed by atoms with Crippen LogP contribution in [0.25, 0.3) is 0 Å². The number of nitrogens with one attached hydrogen (secondary N) is 1. The number of nitrogens with zero attached hydrogens (tertiary/aromatic N) is 1. The van der Waals surface area contributed by atoms with Gasteiger partial charge in [0.05, 0.1) is 18.5 Å². The van der Waals surface area contributed by atoms with Gasteiger partial charge in [0.1, 0.15) is 5.76 Å².